The Labute approximate surface area is 147 Å². The Morgan fingerprint density at radius 3 is 2.84 bits per heavy atom. The van der Waals surface area contributed by atoms with Gasteiger partial charge in [-0.15, -0.1) is 5.10 Å². The van der Waals surface area contributed by atoms with Crippen molar-refractivity contribution in [3.63, 3.8) is 0 Å². The molecule has 8 heteroatoms. The zero-order valence-electron chi connectivity index (χ0n) is 13.7. The highest BCUT2D eigenvalue weighted by Gasteiger charge is 2.15. The first kappa shape index (κ1) is 15.8. The van der Waals surface area contributed by atoms with Crippen molar-refractivity contribution >= 4 is 22.8 Å². The number of rotatable bonds is 4. The summed E-state index contributed by atoms with van der Waals surface area (Å²) in [4.78, 5) is 4.62. The fourth-order valence-electron chi connectivity index (χ4n) is 2.65. The summed E-state index contributed by atoms with van der Waals surface area (Å²) >= 11 is 1.52. The van der Waals surface area contributed by atoms with E-state index in [9.17, 15) is 4.39 Å². The number of aromatic nitrogens is 6. The predicted molar refractivity (Wildman–Crippen MR) is 94.1 cm³/mol. The largest absolute Gasteiger partial charge is 0.322 e. The van der Waals surface area contributed by atoms with Crippen molar-refractivity contribution in [3.05, 3.63) is 59.7 Å². The van der Waals surface area contributed by atoms with Gasteiger partial charge in [-0.05, 0) is 47.2 Å². The van der Waals surface area contributed by atoms with Crippen LogP contribution < -0.4 is 0 Å². The van der Waals surface area contributed by atoms with Crippen LogP contribution in [0.5, 0.6) is 0 Å². The first-order valence-electron chi connectivity index (χ1n) is 7.71. The van der Waals surface area contributed by atoms with Gasteiger partial charge in [0.15, 0.2) is 11.0 Å². The van der Waals surface area contributed by atoms with E-state index in [2.05, 4.69) is 20.5 Å². The van der Waals surface area contributed by atoms with Crippen LogP contribution in [0.3, 0.4) is 0 Å². The smallest absolute Gasteiger partial charge is 0.169 e. The Morgan fingerprint density at radius 2 is 2.00 bits per heavy atom. The van der Waals surface area contributed by atoms with Gasteiger partial charge in [-0.2, -0.15) is 4.68 Å². The molecule has 0 fully saturated rings. The van der Waals surface area contributed by atoms with E-state index in [0.717, 1.165) is 21.8 Å². The Bertz CT molecular complexity index is 1050. The molecule has 25 heavy (non-hydrogen) atoms. The Hall–Kier alpha value is -2.74. The summed E-state index contributed by atoms with van der Waals surface area (Å²) in [7, 11) is 1.97. The van der Waals surface area contributed by atoms with Gasteiger partial charge in [0, 0.05) is 7.05 Å². The topological polar surface area (TPSA) is 61.4 Å². The molecule has 4 aromatic rings. The zero-order valence-corrected chi connectivity index (χ0v) is 14.5. The van der Waals surface area contributed by atoms with E-state index < -0.39 is 0 Å². The number of aryl methyl sites for hydroxylation is 2. The molecule has 0 aliphatic rings. The zero-order chi connectivity index (χ0) is 17.4. The number of benzene rings is 2. The van der Waals surface area contributed by atoms with Crippen LogP contribution >= 0.6 is 11.8 Å². The molecule has 4 rings (SSSR count). The average molecular weight is 354 g/mol. The molecule has 2 heterocycles. The van der Waals surface area contributed by atoms with Crippen molar-refractivity contribution in [2.45, 2.75) is 17.8 Å². The molecule has 2 aromatic heterocycles. The predicted octanol–water partition coefficient (Wildman–Crippen LogP) is 3.29. The second-order valence-corrected chi connectivity index (χ2v) is 6.64. The van der Waals surface area contributed by atoms with Crippen molar-refractivity contribution in [1.82, 2.24) is 29.8 Å². The van der Waals surface area contributed by atoms with Crippen LogP contribution in [0.15, 0.2) is 47.6 Å². The van der Waals surface area contributed by atoms with E-state index >= 15 is 0 Å². The van der Waals surface area contributed by atoms with Crippen LogP contribution in [0, 0.1) is 12.7 Å². The lowest BCUT2D eigenvalue weighted by Gasteiger charge is -2.07. The number of fused-ring (bicyclic) bond motifs is 1. The van der Waals surface area contributed by atoms with E-state index in [0.29, 0.717) is 17.3 Å². The van der Waals surface area contributed by atoms with E-state index in [1.807, 2.05) is 42.8 Å². The molecule has 0 saturated carbocycles. The van der Waals surface area contributed by atoms with Gasteiger partial charge in [-0.25, -0.2) is 9.37 Å². The van der Waals surface area contributed by atoms with Gasteiger partial charge in [0.25, 0.3) is 0 Å². The number of para-hydroxylation sites is 2. The van der Waals surface area contributed by atoms with Crippen LogP contribution in [0.4, 0.5) is 4.39 Å². The summed E-state index contributed by atoms with van der Waals surface area (Å²) in [6, 6.07) is 12.8. The van der Waals surface area contributed by atoms with Crippen molar-refractivity contribution in [3.8, 4) is 5.69 Å². The van der Waals surface area contributed by atoms with Gasteiger partial charge in [-0.3, -0.25) is 0 Å². The van der Waals surface area contributed by atoms with E-state index in [1.165, 1.54) is 22.5 Å². The molecule has 0 atom stereocenters. The van der Waals surface area contributed by atoms with Crippen molar-refractivity contribution in [2.75, 3.05) is 0 Å². The number of thioether (sulfide) groups is 1. The molecule has 0 radical (unpaired) electrons. The molecule has 2 aromatic carbocycles. The lowest BCUT2D eigenvalue weighted by atomic mass is 10.2. The van der Waals surface area contributed by atoms with Crippen LogP contribution in [0.2, 0.25) is 0 Å². The fraction of sp³-hybridized carbons (Fsp3) is 0.176. The molecule has 0 unspecified atom stereocenters. The molecule has 0 aliphatic heterocycles. The second-order valence-electron chi connectivity index (χ2n) is 5.69. The molecule has 0 N–H and O–H groups in total. The van der Waals surface area contributed by atoms with Gasteiger partial charge in [-0.1, -0.05) is 30.0 Å². The number of hydrogen-bond acceptors (Lipinski definition) is 5. The summed E-state index contributed by atoms with van der Waals surface area (Å²) in [6.45, 7) is 1.90. The van der Waals surface area contributed by atoms with Crippen molar-refractivity contribution in [2.24, 2.45) is 7.05 Å². The monoisotopic (exact) mass is 354 g/mol. The third-order valence-electron chi connectivity index (χ3n) is 3.94. The molecular weight excluding hydrogens is 339 g/mol. The summed E-state index contributed by atoms with van der Waals surface area (Å²) < 4.78 is 17.6. The van der Waals surface area contributed by atoms with Gasteiger partial charge in [0.2, 0.25) is 0 Å². The Balaban J connectivity index is 1.63. The van der Waals surface area contributed by atoms with Crippen LogP contribution in [-0.4, -0.2) is 29.8 Å². The van der Waals surface area contributed by atoms with E-state index in [4.69, 9.17) is 0 Å². The minimum atomic E-state index is -0.355. The third-order valence-corrected chi connectivity index (χ3v) is 4.97. The first-order valence-corrected chi connectivity index (χ1v) is 8.70. The SMILES string of the molecule is Cc1ccc(F)c(-n2nnnc2CSc2nc3ccccc3n2C)c1. The molecule has 6 nitrogen and oxygen atoms in total. The van der Waals surface area contributed by atoms with Gasteiger partial charge < -0.3 is 4.57 Å². The quantitative estimate of drug-likeness (QED) is 0.526. The van der Waals surface area contributed by atoms with E-state index in [-0.39, 0.29) is 5.82 Å². The molecule has 0 saturated heterocycles. The molecule has 0 aliphatic carbocycles. The van der Waals surface area contributed by atoms with Crippen molar-refractivity contribution < 1.29 is 4.39 Å². The lowest BCUT2D eigenvalue weighted by molar-refractivity contribution is 0.603. The maximum atomic E-state index is 14.1. The maximum absolute atomic E-state index is 14.1. The Morgan fingerprint density at radius 1 is 1.16 bits per heavy atom. The van der Waals surface area contributed by atoms with Crippen LogP contribution in [-0.2, 0) is 12.8 Å². The first-order chi connectivity index (χ1) is 12.1. The van der Waals surface area contributed by atoms with Crippen LogP contribution in [0.25, 0.3) is 16.7 Å². The summed E-state index contributed by atoms with van der Waals surface area (Å²) in [5, 5.41) is 12.5. The molecule has 126 valence electrons. The van der Waals surface area contributed by atoms with Gasteiger partial charge >= 0.3 is 0 Å². The summed E-state index contributed by atoms with van der Waals surface area (Å²) in [5.41, 5.74) is 3.30. The molecule has 0 spiro atoms. The summed E-state index contributed by atoms with van der Waals surface area (Å²) in [6.07, 6.45) is 0. The highest BCUT2D eigenvalue weighted by atomic mass is 32.2. The lowest BCUT2D eigenvalue weighted by Crippen LogP contribution is -2.05. The highest BCUT2D eigenvalue weighted by Crippen LogP contribution is 2.26. The minimum absolute atomic E-state index is 0.352. The number of nitrogens with zero attached hydrogens (tertiary/aromatic N) is 6. The average Bonchev–Trinajstić information content (AvgIpc) is 3.20. The van der Waals surface area contributed by atoms with Crippen molar-refractivity contribution in [1.29, 1.82) is 0 Å². The second kappa shape index (κ2) is 6.29. The third kappa shape index (κ3) is 2.89. The molecular formula is C17H15FN6S. The van der Waals surface area contributed by atoms with Crippen LogP contribution in [0.1, 0.15) is 11.4 Å². The molecule has 0 amide bonds. The fourth-order valence-corrected chi connectivity index (χ4v) is 3.54. The number of halogens is 1. The number of tetrazole rings is 1. The highest BCUT2D eigenvalue weighted by molar-refractivity contribution is 7.98. The number of imidazole rings is 1. The minimum Gasteiger partial charge on any atom is -0.322 e. The number of hydrogen-bond donors (Lipinski definition) is 0. The van der Waals surface area contributed by atoms with E-state index in [1.54, 1.807) is 12.1 Å². The molecule has 0 bridgehead atoms. The standard InChI is InChI=1S/C17H15FN6S/c1-11-7-8-12(18)15(9-11)24-16(20-21-22-24)10-25-17-19-13-5-3-4-6-14(13)23(17)2/h3-9H,10H2,1-2H3. The maximum Gasteiger partial charge on any atom is 0.169 e. The van der Waals surface area contributed by atoms with Gasteiger partial charge in [0.05, 0.1) is 16.8 Å². The Kier molecular flexibility index (Phi) is 3.96. The summed E-state index contributed by atoms with van der Waals surface area (Å²) in [5.74, 6) is 0.700. The van der Waals surface area contributed by atoms with Gasteiger partial charge in [0.1, 0.15) is 11.5 Å². The normalized spacial score (nSPS) is 11.3.